The van der Waals surface area contributed by atoms with Gasteiger partial charge in [-0.15, -0.1) is 0 Å². The van der Waals surface area contributed by atoms with E-state index in [4.69, 9.17) is 9.47 Å². The lowest BCUT2D eigenvalue weighted by molar-refractivity contribution is 0.397. The number of fused-ring (bicyclic) bond motifs is 1. The molecule has 0 radical (unpaired) electrons. The van der Waals surface area contributed by atoms with Crippen LogP contribution in [0.25, 0.3) is 6.08 Å². The van der Waals surface area contributed by atoms with Crippen molar-refractivity contribution in [3.63, 3.8) is 0 Å². The molecule has 0 unspecified atom stereocenters. The summed E-state index contributed by atoms with van der Waals surface area (Å²) < 4.78 is 10.8. The summed E-state index contributed by atoms with van der Waals surface area (Å²) in [7, 11) is 3.44. The fourth-order valence-corrected chi connectivity index (χ4v) is 2.25. The molecule has 0 heterocycles. The Bertz CT molecular complexity index is 419. The molecule has 1 aliphatic carbocycles. The van der Waals surface area contributed by atoms with Gasteiger partial charge in [-0.2, -0.15) is 0 Å². The van der Waals surface area contributed by atoms with Crippen LogP contribution in [-0.4, -0.2) is 14.2 Å². The third kappa shape index (κ3) is 1.80. The summed E-state index contributed by atoms with van der Waals surface area (Å²) in [6, 6.07) is 3.97. The molecular formula is C14H18O2. The van der Waals surface area contributed by atoms with E-state index in [1.807, 2.05) is 12.1 Å². The Morgan fingerprint density at radius 3 is 2.38 bits per heavy atom. The lowest BCUT2D eigenvalue weighted by atomic mass is 9.90. The zero-order valence-electron chi connectivity index (χ0n) is 10.2. The summed E-state index contributed by atoms with van der Waals surface area (Å²) in [4.78, 5) is 0. The van der Waals surface area contributed by atoms with Crippen LogP contribution in [0, 0.1) is 0 Å². The van der Waals surface area contributed by atoms with Gasteiger partial charge >= 0.3 is 0 Å². The quantitative estimate of drug-likeness (QED) is 0.773. The molecule has 0 saturated heterocycles. The van der Waals surface area contributed by atoms with Gasteiger partial charge in [0.05, 0.1) is 14.2 Å². The van der Waals surface area contributed by atoms with E-state index in [-0.39, 0.29) is 0 Å². The van der Waals surface area contributed by atoms with E-state index >= 15 is 0 Å². The Balaban J connectivity index is 2.55. The summed E-state index contributed by atoms with van der Waals surface area (Å²) in [6.45, 7) is 2.20. The van der Waals surface area contributed by atoms with Crippen molar-refractivity contribution in [2.24, 2.45) is 0 Å². The van der Waals surface area contributed by atoms with Gasteiger partial charge in [-0.3, -0.25) is 0 Å². The highest BCUT2D eigenvalue weighted by molar-refractivity contribution is 5.68. The van der Waals surface area contributed by atoms with Crippen molar-refractivity contribution >= 4 is 6.08 Å². The van der Waals surface area contributed by atoms with Crippen LogP contribution in [0.3, 0.4) is 0 Å². The van der Waals surface area contributed by atoms with E-state index in [9.17, 15) is 0 Å². The smallest absolute Gasteiger partial charge is 0.126 e. The Kier molecular flexibility index (Phi) is 3.18. The molecule has 0 atom stereocenters. The highest BCUT2D eigenvalue weighted by Crippen LogP contribution is 2.37. The third-order valence-electron chi connectivity index (χ3n) is 3.21. The van der Waals surface area contributed by atoms with Gasteiger partial charge in [-0.1, -0.05) is 18.6 Å². The first kappa shape index (κ1) is 11.1. The minimum Gasteiger partial charge on any atom is -0.496 e. The molecular weight excluding hydrogens is 200 g/mol. The molecule has 0 spiro atoms. The molecule has 0 saturated carbocycles. The standard InChI is InChI=1S/C14H18O2/c1-4-10-5-6-11-12(9-10)14(16-3)8-7-13(11)15-2/h7-9H,4-6H2,1-3H3. The molecule has 0 aromatic heterocycles. The van der Waals surface area contributed by atoms with E-state index in [0.717, 1.165) is 30.8 Å². The number of benzene rings is 1. The Morgan fingerprint density at radius 2 is 1.75 bits per heavy atom. The van der Waals surface area contributed by atoms with E-state index in [2.05, 4.69) is 13.0 Å². The topological polar surface area (TPSA) is 18.5 Å². The zero-order valence-corrected chi connectivity index (χ0v) is 10.2. The van der Waals surface area contributed by atoms with Crippen LogP contribution in [0.15, 0.2) is 17.7 Å². The number of hydrogen-bond acceptors (Lipinski definition) is 2. The molecule has 0 bridgehead atoms. The molecule has 0 amide bonds. The molecule has 2 nitrogen and oxygen atoms in total. The number of hydrogen-bond donors (Lipinski definition) is 0. The van der Waals surface area contributed by atoms with Crippen LogP contribution in [-0.2, 0) is 6.42 Å². The van der Waals surface area contributed by atoms with Crippen LogP contribution in [0.2, 0.25) is 0 Å². The number of methoxy groups -OCH3 is 2. The van der Waals surface area contributed by atoms with Gasteiger partial charge in [0.1, 0.15) is 11.5 Å². The predicted octanol–water partition coefficient (Wildman–Crippen LogP) is 3.44. The Hall–Kier alpha value is -1.44. The molecule has 1 aromatic carbocycles. The monoisotopic (exact) mass is 218 g/mol. The largest absolute Gasteiger partial charge is 0.496 e. The van der Waals surface area contributed by atoms with Gasteiger partial charge in [0.15, 0.2) is 0 Å². The van der Waals surface area contributed by atoms with E-state index in [1.54, 1.807) is 14.2 Å². The molecule has 0 N–H and O–H groups in total. The van der Waals surface area contributed by atoms with E-state index < -0.39 is 0 Å². The Morgan fingerprint density at radius 1 is 1.06 bits per heavy atom. The van der Waals surface area contributed by atoms with Crippen molar-refractivity contribution in [1.29, 1.82) is 0 Å². The minimum atomic E-state index is 0.946. The van der Waals surface area contributed by atoms with Crippen molar-refractivity contribution in [2.45, 2.75) is 26.2 Å². The highest BCUT2D eigenvalue weighted by atomic mass is 16.5. The fraction of sp³-hybridized carbons (Fsp3) is 0.429. The van der Waals surface area contributed by atoms with Gasteiger partial charge in [0, 0.05) is 11.1 Å². The summed E-state index contributed by atoms with van der Waals surface area (Å²) >= 11 is 0. The normalized spacial score (nSPS) is 14.1. The summed E-state index contributed by atoms with van der Waals surface area (Å²) in [5, 5.41) is 0. The van der Waals surface area contributed by atoms with Crippen LogP contribution >= 0.6 is 0 Å². The summed E-state index contributed by atoms with van der Waals surface area (Å²) in [5.41, 5.74) is 3.96. The molecule has 2 heteroatoms. The average molecular weight is 218 g/mol. The van der Waals surface area contributed by atoms with Crippen LogP contribution in [0.5, 0.6) is 11.5 Å². The maximum Gasteiger partial charge on any atom is 0.126 e. The van der Waals surface area contributed by atoms with Crippen molar-refractivity contribution in [3.8, 4) is 11.5 Å². The van der Waals surface area contributed by atoms with Crippen molar-refractivity contribution in [3.05, 3.63) is 28.8 Å². The predicted molar refractivity (Wildman–Crippen MR) is 66.1 cm³/mol. The molecule has 16 heavy (non-hydrogen) atoms. The van der Waals surface area contributed by atoms with E-state index in [1.165, 1.54) is 16.7 Å². The third-order valence-corrected chi connectivity index (χ3v) is 3.21. The number of allylic oxidation sites excluding steroid dienone is 1. The van der Waals surface area contributed by atoms with E-state index in [0.29, 0.717) is 0 Å². The second-order valence-electron chi connectivity index (χ2n) is 4.02. The first-order chi connectivity index (χ1) is 7.80. The lowest BCUT2D eigenvalue weighted by Crippen LogP contribution is -2.04. The van der Waals surface area contributed by atoms with Crippen LogP contribution in [0.4, 0.5) is 0 Å². The average Bonchev–Trinajstić information content (AvgIpc) is 2.36. The number of ether oxygens (including phenoxy) is 2. The lowest BCUT2D eigenvalue weighted by Gasteiger charge is -2.20. The van der Waals surface area contributed by atoms with Gasteiger partial charge in [0.2, 0.25) is 0 Å². The van der Waals surface area contributed by atoms with Gasteiger partial charge in [0.25, 0.3) is 0 Å². The molecule has 86 valence electrons. The summed E-state index contributed by atoms with van der Waals surface area (Å²) in [6.07, 6.45) is 5.54. The van der Waals surface area contributed by atoms with Crippen molar-refractivity contribution in [1.82, 2.24) is 0 Å². The zero-order chi connectivity index (χ0) is 11.5. The highest BCUT2D eigenvalue weighted by Gasteiger charge is 2.17. The van der Waals surface area contributed by atoms with Gasteiger partial charge in [-0.25, -0.2) is 0 Å². The SMILES string of the molecule is CCC1=Cc2c(OC)ccc(OC)c2CC1. The maximum atomic E-state index is 5.40. The first-order valence-corrected chi connectivity index (χ1v) is 5.73. The molecule has 0 aliphatic heterocycles. The van der Waals surface area contributed by atoms with Crippen LogP contribution in [0.1, 0.15) is 30.9 Å². The fourth-order valence-electron chi connectivity index (χ4n) is 2.25. The summed E-state index contributed by atoms with van der Waals surface area (Å²) in [5.74, 6) is 1.92. The second kappa shape index (κ2) is 4.60. The van der Waals surface area contributed by atoms with Crippen molar-refractivity contribution in [2.75, 3.05) is 14.2 Å². The van der Waals surface area contributed by atoms with Crippen LogP contribution < -0.4 is 9.47 Å². The minimum absolute atomic E-state index is 0.946. The van der Waals surface area contributed by atoms with Gasteiger partial charge in [-0.05, 0) is 31.4 Å². The molecule has 0 fully saturated rings. The molecule has 1 aromatic rings. The molecule has 2 rings (SSSR count). The Labute approximate surface area is 96.9 Å². The number of rotatable bonds is 3. The second-order valence-corrected chi connectivity index (χ2v) is 4.02. The van der Waals surface area contributed by atoms with Gasteiger partial charge < -0.3 is 9.47 Å². The first-order valence-electron chi connectivity index (χ1n) is 5.73. The van der Waals surface area contributed by atoms with Crippen molar-refractivity contribution < 1.29 is 9.47 Å². The molecule has 1 aliphatic rings. The maximum absolute atomic E-state index is 5.40.